The Morgan fingerprint density at radius 3 is 1.90 bits per heavy atom. The number of hydrogen-bond acceptors (Lipinski definition) is 1. The van der Waals surface area contributed by atoms with E-state index in [9.17, 15) is 4.39 Å². The first-order valence-electron chi connectivity index (χ1n) is 15.7. The number of fused-ring (bicyclic) bond motifs is 1. The summed E-state index contributed by atoms with van der Waals surface area (Å²) in [5.74, 6) is 2.30. The third-order valence-electron chi connectivity index (χ3n) is 8.30. The second-order valence-electron chi connectivity index (χ2n) is 11.8. The molecule has 0 saturated heterocycles. The maximum absolute atomic E-state index is 15.8. The van der Waals surface area contributed by atoms with Gasteiger partial charge in [0.05, 0.1) is 17.7 Å². The van der Waals surface area contributed by atoms with E-state index < -0.39 is 28.8 Å². The molecule has 0 heterocycles. The molecule has 1 nitrogen and oxygen atoms in total. The molecular weight excluding hydrogens is 615 g/mol. The van der Waals surface area contributed by atoms with Crippen LogP contribution in [0, 0.1) is 54.8 Å². The summed E-state index contributed by atoms with van der Waals surface area (Å²) in [6.07, 6.45) is 1.94. The minimum absolute atomic E-state index is 0.0498. The van der Waals surface area contributed by atoms with Gasteiger partial charge in [-0.15, -0.1) is 0 Å². The summed E-state index contributed by atoms with van der Waals surface area (Å²) in [6, 6.07) is 25.2. The Kier molecular flexibility index (Phi) is 9.32. The van der Waals surface area contributed by atoms with E-state index in [1.807, 2.05) is 6.07 Å². The lowest BCUT2D eigenvalue weighted by Crippen LogP contribution is -1.96. The van der Waals surface area contributed by atoms with Crippen molar-refractivity contribution in [3.63, 3.8) is 0 Å². The van der Waals surface area contributed by atoms with Crippen molar-refractivity contribution in [1.82, 2.24) is 0 Å². The van der Waals surface area contributed by atoms with Crippen molar-refractivity contribution < 1.29 is 26.7 Å². The van der Waals surface area contributed by atoms with E-state index in [-0.39, 0.29) is 22.5 Å². The van der Waals surface area contributed by atoms with E-state index in [0.29, 0.717) is 50.9 Å². The average Bonchev–Trinajstić information content (AvgIpc) is 3.05. The average molecular weight is 647 g/mol. The van der Waals surface area contributed by atoms with E-state index in [2.05, 4.69) is 18.8 Å². The highest BCUT2D eigenvalue weighted by Gasteiger charge is 2.16. The third-order valence-corrected chi connectivity index (χ3v) is 8.30. The van der Waals surface area contributed by atoms with Gasteiger partial charge in [0.15, 0.2) is 0 Å². The van der Waals surface area contributed by atoms with Crippen LogP contribution in [0.5, 0.6) is 5.75 Å². The predicted molar refractivity (Wildman–Crippen MR) is 182 cm³/mol. The van der Waals surface area contributed by atoms with E-state index in [1.54, 1.807) is 80.6 Å². The fourth-order valence-electron chi connectivity index (χ4n) is 5.66. The molecule has 0 bridgehead atoms. The zero-order valence-corrected chi connectivity index (χ0v) is 26.7. The zero-order valence-electron chi connectivity index (χ0n) is 26.7. The Morgan fingerprint density at radius 1 is 0.562 bits per heavy atom. The first-order chi connectivity index (χ1) is 23.1. The van der Waals surface area contributed by atoms with Gasteiger partial charge in [-0.2, -0.15) is 0 Å². The summed E-state index contributed by atoms with van der Waals surface area (Å²) >= 11 is 0. The zero-order chi connectivity index (χ0) is 33.9. The molecule has 0 radical (unpaired) electrons. The Hall–Kier alpha value is -5.41. The van der Waals surface area contributed by atoms with Gasteiger partial charge in [-0.05, 0) is 108 Å². The molecule has 48 heavy (non-hydrogen) atoms. The standard InChI is InChI=1S/C42H31F5O/c1-4-5-18-48-32-11-7-27(8-12-32)30-22-40(45)37(41(46)23-30)17-16-33-26(3)20-31(24-39(33)44)36-15-10-29-21-28(9-14-35(29)42(36)47)34-13-6-25(2)19-38(34)43/h6-15,19-24H,4-5,18H2,1-3H3. The van der Waals surface area contributed by atoms with E-state index in [0.717, 1.165) is 24.5 Å². The normalized spacial score (nSPS) is 11.0. The van der Waals surface area contributed by atoms with Gasteiger partial charge in [-0.3, -0.25) is 0 Å². The minimum atomic E-state index is -0.873. The van der Waals surface area contributed by atoms with Crippen LogP contribution in [0.1, 0.15) is 42.0 Å². The monoisotopic (exact) mass is 646 g/mol. The van der Waals surface area contributed by atoms with Crippen molar-refractivity contribution >= 4 is 10.8 Å². The van der Waals surface area contributed by atoms with Crippen molar-refractivity contribution in [3.05, 3.63) is 148 Å². The second-order valence-corrected chi connectivity index (χ2v) is 11.8. The highest BCUT2D eigenvalue weighted by molar-refractivity contribution is 5.91. The van der Waals surface area contributed by atoms with Crippen LogP contribution in [0.3, 0.4) is 0 Å². The largest absolute Gasteiger partial charge is 0.494 e. The first kappa shape index (κ1) is 32.5. The fourth-order valence-corrected chi connectivity index (χ4v) is 5.66. The van der Waals surface area contributed by atoms with Crippen molar-refractivity contribution in [1.29, 1.82) is 0 Å². The number of hydrogen-bond donors (Lipinski definition) is 0. The Morgan fingerprint density at radius 2 is 1.21 bits per heavy atom. The second kappa shape index (κ2) is 13.8. The van der Waals surface area contributed by atoms with Crippen LogP contribution in [0.4, 0.5) is 22.0 Å². The lowest BCUT2D eigenvalue weighted by Gasteiger charge is -2.11. The molecule has 0 unspecified atom stereocenters. The molecule has 0 spiro atoms. The van der Waals surface area contributed by atoms with Crippen LogP contribution in [0.2, 0.25) is 0 Å². The molecule has 240 valence electrons. The van der Waals surface area contributed by atoms with Crippen LogP contribution in [0.25, 0.3) is 44.2 Å². The van der Waals surface area contributed by atoms with E-state index >= 15 is 17.6 Å². The van der Waals surface area contributed by atoms with Gasteiger partial charge >= 0.3 is 0 Å². The molecule has 0 saturated carbocycles. The minimum Gasteiger partial charge on any atom is -0.494 e. The van der Waals surface area contributed by atoms with Crippen LogP contribution in [-0.2, 0) is 0 Å². The maximum atomic E-state index is 15.8. The fraction of sp³-hybridized carbons (Fsp3) is 0.143. The summed E-state index contributed by atoms with van der Waals surface area (Å²) in [4.78, 5) is 0. The van der Waals surface area contributed by atoms with Gasteiger partial charge in [0.25, 0.3) is 0 Å². The molecular formula is C42H31F5O. The van der Waals surface area contributed by atoms with Gasteiger partial charge < -0.3 is 4.74 Å². The number of aryl methyl sites for hydroxylation is 2. The summed E-state index contributed by atoms with van der Waals surface area (Å²) in [7, 11) is 0. The number of unbranched alkanes of at least 4 members (excludes halogenated alkanes) is 1. The van der Waals surface area contributed by atoms with Gasteiger partial charge in [0.2, 0.25) is 0 Å². The summed E-state index contributed by atoms with van der Waals surface area (Å²) in [6.45, 7) is 6.07. The molecule has 0 amide bonds. The molecule has 0 fully saturated rings. The summed E-state index contributed by atoms with van der Waals surface area (Å²) in [5.41, 5.74) is 3.06. The molecule has 6 heteroatoms. The highest BCUT2D eigenvalue weighted by Crippen LogP contribution is 2.34. The molecule has 0 atom stereocenters. The predicted octanol–water partition coefficient (Wildman–Crippen LogP) is 11.7. The van der Waals surface area contributed by atoms with Crippen molar-refractivity contribution in [3.8, 4) is 51.0 Å². The lowest BCUT2D eigenvalue weighted by molar-refractivity contribution is 0.309. The Labute approximate surface area is 276 Å². The Balaban J connectivity index is 1.26. The lowest BCUT2D eigenvalue weighted by atomic mass is 9.94. The third kappa shape index (κ3) is 6.68. The van der Waals surface area contributed by atoms with Crippen LogP contribution < -0.4 is 4.74 Å². The van der Waals surface area contributed by atoms with Crippen LogP contribution >= 0.6 is 0 Å². The number of halogens is 5. The molecule has 0 aliphatic rings. The molecule has 6 rings (SSSR count). The number of rotatable bonds is 7. The van der Waals surface area contributed by atoms with E-state index in [1.165, 1.54) is 18.2 Å². The maximum Gasteiger partial charge on any atom is 0.142 e. The topological polar surface area (TPSA) is 9.23 Å². The Bertz CT molecular complexity index is 2180. The highest BCUT2D eigenvalue weighted by atomic mass is 19.1. The quantitative estimate of drug-likeness (QED) is 0.0953. The number of ether oxygens (including phenoxy) is 1. The van der Waals surface area contributed by atoms with Gasteiger partial charge in [-0.1, -0.05) is 73.7 Å². The van der Waals surface area contributed by atoms with Crippen LogP contribution in [-0.4, -0.2) is 6.61 Å². The molecule has 0 aromatic heterocycles. The molecule has 0 aliphatic heterocycles. The summed E-state index contributed by atoms with van der Waals surface area (Å²) < 4.78 is 81.6. The SMILES string of the molecule is CCCCOc1ccc(-c2cc(F)c(C#Cc3c(C)cc(-c4ccc5cc(-c6ccc(C)cc6F)ccc5c4F)cc3F)c(F)c2)cc1. The molecule has 0 N–H and O–H groups in total. The van der Waals surface area contributed by atoms with Crippen molar-refractivity contribution in [2.24, 2.45) is 0 Å². The molecule has 6 aromatic carbocycles. The van der Waals surface area contributed by atoms with E-state index in [4.69, 9.17) is 4.74 Å². The van der Waals surface area contributed by atoms with Gasteiger partial charge in [0, 0.05) is 16.5 Å². The molecule has 0 aliphatic carbocycles. The van der Waals surface area contributed by atoms with Crippen LogP contribution in [0.15, 0.2) is 97.1 Å². The van der Waals surface area contributed by atoms with Crippen molar-refractivity contribution in [2.45, 2.75) is 33.6 Å². The van der Waals surface area contributed by atoms with Crippen molar-refractivity contribution in [2.75, 3.05) is 6.61 Å². The number of benzene rings is 6. The first-order valence-corrected chi connectivity index (χ1v) is 15.7. The molecule has 6 aromatic rings. The smallest absolute Gasteiger partial charge is 0.142 e. The summed E-state index contributed by atoms with van der Waals surface area (Å²) in [5, 5.41) is 0.869. The van der Waals surface area contributed by atoms with Gasteiger partial charge in [-0.25, -0.2) is 22.0 Å². The van der Waals surface area contributed by atoms with Gasteiger partial charge in [0.1, 0.15) is 34.8 Å².